The van der Waals surface area contributed by atoms with Crippen molar-refractivity contribution in [2.24, 2.45) is 0 Å². The number of cyclic esters (lactones) is 1. The second-order valence-corrected chi connectivity index (χ2v) is 7.83. The average Bonchev–Trinajstić information content (AvgIpc) is 3.29. The van der Waals surface area contributed by atoms with Gasteiger partial charge in [-0.05, 0) is 42.7 Å². The lowest BCUT2D eigenvalue weighted by molar-refractivity contribution is -0.119. The molecule has 4 rings (SSSR count). The lowest BCUT2D eigenvalue weighted by Crippen LogP contribution is -2.36. The minimum Gasteiger partial charge on any atom is -0.444 e. The molecule has 2 heterocycles. The molecule has 0 unspecified atom stereocenters. The van der Waals surface area contributed by atoms with Crippen molar-refractivity contribution in [1.29, 1.82) is 0 Å². The molecule has 8 nitrogen and oxygen atoms in total. The van der Waals surface area contributed by atoms with Gasteiger partial charge in [-0.25, -0.2) is 9.59 Å². The van der Waals surface area contributed by atoms with Crippen molar-refractivity contribution in [2.45, 2.75) is 39.0 Å². The van der Waals surface area contributed by atoms with Crippen molar-refractivity contribution in [1.82, 2.24) is 5.32 Å². The van der Waals surface area contributed by atoms with E-state index in [1.807, 2.05) is 49.4 Å². The summed E-state index contributed by atoms with van der Waals surface area (Å²) in [6.45, 7) is 4.24. The Morgan fingerprint density at radius 1 is 1.19 bits per heavy atom. The fourth-order valence-corrected chi connectivity index (χ4v) is 3.95. The Balaban J connectivity index is 1.44. The number of benzene rings is 2. The van der Waals surface area contributed by atoms with Crippen LogP contribution in [0.5, 0.6) is 0 Å². The number of anilines is 2. The molecule has 2 aromatic rings. The monoisotopic (exact) mass is 423 g/mol. The van der Waals surface area contributed by atoms with Gasteiger partial charge in [0.15, 0.2) is 0 Å². The van der Waals surface area contributed by atoms with Crippen molar-refractivity contribution < 1.29 is 23.9 Å². The molecule has 162 valence electrons. The zero-order valence-corrected chi connectivity index (χ0v) is 17.5. The standard InChI is InChI=1S/C23H25N3O5/c1-15-10-18-11-19(25-13-20(31-22(25)28)12-24-16(2)27)8-9-21(18)26(15)23(29)30-14-17-6-4-3-5-7-17/h3-9,11,15,20H,10,12-14H2,1-2H3,(H,24,27)/t15-,20+/m1/s1. The molecule has 2 aromatic carbocycles. The van der Waals surface area contributed by atoms with Crippen LogP contribution in [0, 0.1) is 0 Å². The second-order valence-electron chi connectivity index (χ2n) is 7.83. The molecule has 0 bridgehead atoms. The Labute approximate surface area is 180 Å². The Bertz CT molecular complexity index is 994. The highest BCUT2D eigenvalue weighted by Gasteiger charge is 2.36. The smallest absolute Gasteiger partial charge is 0.414 e. The van der Waals surface area contributed by atoms with Gasteiger partial charge in [0.2, 0.25) is 5.91 Å². The van der Waals surface area contributed by atoms with E-state index >= 15 is 0 Å². The van der Waals surface area contributed by atoms with Gasteiger partial charge in [-0.2, -0.15) is 0 Å². The highest BCUT2D eigenvalue weighted by atomic mass is 16.6. The van der Waals surface area contributed by atoms with Crippen molar-refractivity contribution in [3.8, 4) is 0 Å². The Morgan fingerprint density at radius 3 is 2.71 bits per heavy atom. The van der Waals surface area contributed by atoms with E-state index < -0.39 is 12.2 Å². The van der Waals surface area contributed by atoms with Crippen molar-refractivity contribution in [3.63, 3.8) is 0 Å². The third-order valence-electron chi connectivity index (χ3n) is 5.44. The maximum Gasteiger partial charge on any atom is 0.414 e. The highest BCUT2D eigenvalue weighted by molar-refractivity contribution is 5.94. The van der Waals surface area contributed by atoms with Crippen molar-refractivity contribution in [2.75, 3.05) is 22.9 Å². The summed E-state index contributed by atoms with van der Waals surface area (Å²) in [4.78, 5) is 39.3. The summed E-state index contributed by atoms with van der Waals surface area (Å²) >= 11 is 0. The van der Waals surface area contributed by atoms with Crippen LogP contribution in [0.4, 0.5) is 21.0 Å². The van der Waals surface area contributed by atoms with Crippen LogP contribution in [0.2, 0.25) is 0 Å². The first-order chi connectivity index (χ1) is 14.9. The van der Waals surface area contributed by atoms with Crippen LogP contribution >= 0.6 is 0 Å². The number of nitrogens with one attached hydrogen (secondary N) is 1. The molecule has 0 aromatic heterocycles. The number of rotatable bonds is 5. The maximum absolute atomic E-state index is 12.7. The molecule has 1 saturated heterocycles. The van der Waals surface area contributed by atoms with E-state index in [1.165, 1.54) is 6.92 Å². The summed E-state index contributed by atoms with van der Waals surface area (Å²) < 4.78 is 10.9. The first-order valence-electron chi connectivity index (χ1n) is 10.3. The molecule has 0 aliphatic carbocycles. The van der Waals surface area contributed by atoms with Gasteiger partial charge in [-0.15, -0.1) is 0 Å². The summed E-state index contributed by atoms with van der Waals surface area (Å²) in [5.74, 6) is -0.166. The molecule has 2 aliphatic rings. The van der Waals surface area contributed by atoms with E-state index in [0.717, 1.165) is 16.8 Å². The van der Waals surface area contributed by atoms with E-state index in [1.54, 1.807) is 15.9 Å². The number of fused-ring (bicyclic) bond motifs is 1. The number of amides is 3. The maximum atomic E-state index is 12.7. The largest absolute Gasteiger partial charge is 0.444 e. The summed E-state index contributed by atoms with van der Waals surface area (Å²) in [6, 6.07) is 15.1. The van der Waals surface area contributed by atoms with Gasteiger partial charge in [0.05, 0.1) is 18.8 Å². The lowest BCUT2D eigenvalue weighted by Gasteiger charge is -2.22. The van der Waals surface area contributed by atoms with E-state index in [0.29, 0.717) is 18.7 Å². The molecule has 3 amide bonds. The Hall–Kier alpha value is -3.55. The van der Waals surface area contributed by atoms with Crippen LogP contribution in [0.15, 0.2) is 48.5 Å². The number of hydrogen-bond donors (Lipinski definition) is 1. The molecule has 2 aliphatic heterocycles. The number of carbonyl (C=O) groups excluding carboxylic acids is 3. The SMILES string of the molecule is CC(=O)NC[C@H]1CN(c2ccc3c(c2)C[C@@H](C)N3C(=O)OCc2ccccc2)C(=O)O1. The third kappa shape index (κ3) is 4.47. The summed E-state index contributed by atoms with van der Waals surface area (Å²) in [5, 5.41) is 2.67. The first kappa shape index (κ1) is 20.7. The molecule has 0 spiro atoms. The van der Waals surface area contributed by atoms with Gasteiger partial charge in [0, 0.05) is 18.7 Å². The van der Waals surface area contributed by atoms with Crippen LogP contribution in [0.3, 0.4) is 0 Å². The molecule has 0 radical (unpaired) electrons. The molecular formula is C23H25N3O5. The van der Waals surface area contributed by atoms with Gasteiger partial charge in [-0.1, -0.05) is 30.3 Å². The molecule has 0 saturated carbocycles. The molecular weight excluding hydrogens is 398 g/mol. The first-order valence-corrected chi connectivity index (χ1v) is 10.3. The second kappa shape index (κ2) is 8.67. The van der Waals surface area contributed by atoms with Crippen molar-refractivity contribution in [3.05, 3.63) is 59.7 Å². The van der Waals surface area contributed by atoms with Gasteiger partial charge >= 0.3 is 12.2 Å². The zero-order chi connectivity index (χ0) is 22.0. The van der Waals surface area contributed by atoms with Crippen molar-refractivity contribution >= 4 is 29.5 Å². The van der Waals surface area contributed by atoms with Crippen LogP contribution in [-0.2, 0) is 27.3 Å². The molecule has 8 heteroatoms. The van der Waals surface area contributed by atoms with Gasteiger partial charge in [-0.3, -0.25) is 14.6 Å². The van der Waals surface area contributed by atoms with Gasteiger partial charge in [0.25, 0.3) is 0 Å². The zero-order valence-electron chi connectivity index (χ0n) is 17.5. The number of carbonyl (C=O) groups is 3. The molecule has 1 fully saturated rings. The summed E-state index contributed by atoms with van der Waals surface area (Å²) in [7, 11) is 0. The van der Waals surface area contributed by atoms with E-state index in [-0.39, 0.29) is 31.2 Å². The normalized spacial score (nSPS) is 19.7. The van der Waals surface area contributed by atoms with Crippen LogP contribution < -0.4 is 15.1 Å². The Kier molecular flexibility index (Phi) is 5.79. The molecule has 2 atom stereocenters. The van der Waals surface area contributed by atoms with E-state index in [2.05, 4.69) is 5.32 Å². The predicted octanol–water partition coefficient (Wildman–Crippen LogP) is 3.24. The molecule has 1 N–H and O–H groups in total. The molecule has 31 heavy (non-hydrogen) atoms. The minimum atomic E-state index is -0.444. The van der Waals surface area contributed by atoms with Crippen LogP contribution in [-0.4, -0.2) is 43.3 Å². The van der Waals surface area contributed by atoms with Crippen LogP contribution in [0.1, 0.15) is 25.0 Å². The summed E-state index contributed by atoms with van der Waals surface area (Å²) in [6.07, 6.45) is -0.561. The fraction of sp³-hybridized carbons (Fsp3) is 0.348. The fourth-order valence-electron chi connectivity index (χ4n) is 3.95. The minimum absolute atomic E-state index is 0.0495. The summed E-state index contributed by atoms with van der Waals surface area (Å²) in [5.41, 5.74) is 3.40. The average molecular weight is 423 g/mol. The van der Waals surface area contributed by atoms with Crippen LogP contribution in [0.25, 0.3) is 0 Å². The topological polar surface area (TPSA) is 88.2 Å². The highest BCUT2D eigenvalue weighted by Crippen LogP contribution is 2.36. The number of hydrogen-bond acceptors (Lipinski definition) is 5. The Morgan fingerprint density at radius 2 is 1.97 bits per heavy atom. The number of nitrogens with zero attached hydrogens (tertiary/aromatic N) is 2. The third-order valence-corrected chi connectivity index (χ3v) is 5.44. The van der Waals surface area contributed by atoms with Gasteiger partial charge in [0.1, 0.15) is 12.7 Å². The van der Waals surface area contributed by atoms with E-state index in [9.17, 15) is 14.4 Å². The quantitative estimate of drug-likeness (QED) is 0.798. The lowest BCUT2D eigenvalue weighted by atomic mass is 10.1. The van der Waals surface area contributed by atoms with E-state index in [4.69, 9.17) is 9.47 Å². The predicted molar refractivity (Wildman–Crippen MR) is 115 cm³/mol. The number of ether oxygens (including phenoxy) is 2. The van der Waals surface area contributed by atoms with Gasteiger partial charge < -0.3 is 14.8 Å².